The van der Waals surface area contributed by atoms with E-state index in [-0.39, 0.29) is 23.1 Å². The van der Waals surface area contributed by atoms with E-state index in [1.807, 2.05) is 6.92 Å². The SMILES string of the molecule is COCc1nn(-c2ccc(C)c(Cl)c2)c(Cl)c1[N+](=O)[O-]. The van der Waals surface area contributed by atoms with Gasteiger partial charge in [-0.15, -0.1) is 0 Å². The summed E-state index contributed by atoms with van der Waals surface area (Å²) >= 11 is 12.1. The molecule has 0 spiro atoms. The molecule has 0 radical (unpaired) electrons. The second-order valence-electron chi connectivity index (χ2n) is 4.12. The molecule has 6 nitrogen and oxygen atoms in total. The smallest absolute Gasteiger partial charge is 0.331 e. The molecule has 0 fully saturated rings. The fourth-order valence-electron chi connectivity index (χ4n) is 1.73. The third-order valence-electron chi connectivity index (χ3n) is 2.74. The van der Waals surface area contributed by atoms with Gasteiger partial charge in [-0.2, -0.15) is 5.10 Å². The second kappa shape index (κ2) is 5.78. The molecular formula is C12H11Cl2N3O3. The number of benzene rings is 1. The van der Waals surface area contributed by atoms with E-state index in [1.165, 1.54) is 11.8 Å². The van der Waals surface area contributed by atoms with Crippen LogP contribution < -0.4 is 0 Å². The molecule has 0 aliphatic carbocycles. The standard InChI is InChI=1S/C12H11Cl2N3O3/c1-7-3-4-8(5-9(7)13)16-12(14)11(17(18)19)10(15-16)6-20-2/h3-5H,6H2,1-2H3. The van der Waals surface area contributed by atoms with E-state index in [4.69, 9.17) is 27.9 Å². The summed E-state index contributed by atoms with van der Waals surface area (Å²) in [6.07, 6.45) is 0. The van der Waals surface area contributed by atoms with Crippen LogP contribution in [0.4, 0.5) is 5.69 Å². The Balaban J connectivity index is 2.59. The van der Waals surface area contributed by atoms with Crippen LogP contribution in [-0.4, -0.2) is 21.8 Å². The van der Waals surface area contributed by atoms with E-state index in [0.717, 1.165) is 5.56 Å². The molecular weight excluding hydrogens is 305 g/mol. The van der Waals surface area contributed by atoms with Gasteiger partial charge < -0.3 is 4.74 Å². The molecule has 0 N–H and O–H groups in total. The van der Waals surface area contributed by atoms with E-state index in [0.29, 0.717) is 10.7 Å². The van der Waals surface area contributed by atoms with Gasteiger partial charge in [0.2, 0.25) is 5.15 Å². The molecule has 1 aromatic carbocycles. The number of aromatic nitrogens is 2. The minimum Gasteiger partial charge on any atom is -0.378 e. The minimum atomic E-state index is -0.573. The quantitative estimate of drug-likeness (QED) is 0.639. The molecule has 1 heterocycles. The van der Waals surface area contributed by atoms with Crippen molar-refractivity contribution in [2.75, 3.05) is 7.11 Å². The summed E-state index contributed by atoms with van der Waals surface area (Å²) in [5.74, 6) is 0. The first-order valence-corrected chi connectivity index (χ1v) is 6.38. The Morgan fingerprint density at radius 3 is 2.70 bits per heavy atom. The van der Waals surface area contributed by atoms with Crippen LogP contribution >= 0.6 is 23.2 Å². The van der Waals surface area contributed by atoms with E-state index in [2.05, 4.69) is 5.10 Å². The molecule has 2 rings (SSSR count). The Hall–Kier alpha value is -1.63. The molecule has 0 amide bonds. The van der Waals surface area contributed by atoms with Crippen LogP contribution in [0.15, 0.2) is 18.2 Å². The van der Waals surface area contributed by atoms with Crippen molar-refractivity contribution in [2.45, 2.75) is 13.5 Å². The van der Waals surface area contributed by atoms with Gasteiger partial charge in [0.05, 0.1) is 17.2 Å². The van der Waals surface area contributed by atoms with Gasteiger partial charge in [-0.05, 0) is 24.6 Å². The van der Waals surface area contributed by atoms with Gasteiger partial charge in [-0.3, -0.25) is 10.1 Å². The summed E-state index contributed by atoms with van der Waals surface area (Å²) in [4.78, 5) is 10.5. The lowest BCUT2D eigenvalue weighted by molar-refractivity contribution is -0.385. The number of methoxy groups -OCH3 is 1. The maximum absolute atomic E-state index is 11.1. The van der Waals surface area contributed by atoms with Crippen LogP contribution in [0.1, 0.15) is 11.3 Å². The van der Waals surface area contributed by atoms with Gasteiger partial charge in [0.1, 0.15) is 0 Å². The van der Waals surface area contributed by atoms with Crippen molar-refractivity contribution in [1.82, 2.24) is 9.78 Å². The molecule has 0 saturated heterocycles. The number of aryl methyl sites for hydroxylation is 1. The summed E-state index contributed by atoms with van der Waals surface area (Å²) in [6.45, 7) is 1.86. The average molecular weight is 316 g/mol. The van der Waals surface area contributed by atoms with Crippen LogP contribution in [0.2, 0.25) is 10.2 Å². The fourth-order valence-corrected chi connectivity index (χ4v) is 2.22. The van der Waals surface area contributed by atoms with Crippen molar-refractivity contribution in [3.63, 3.8) is 0 Å². The first kappa shape index (κ1) is 14.8. The molecule has 20 heavy (non-hydrogen) atoms. The maximum Gasteiger partial charge on any atom is 0.331 e. The average Bonchev–Trinajstić information content (AvgIpc) is 2.70. The van der Waals surface area contributed by atoms with Gasteiger partial charge in [0.25, 0.3) is 0 Å². The summed E-state index contributed by atoms with van der Waals surface area (Å²) < 4.78 is 6.18. The highest BCUT2D eigenvalue weighted by Gasteiger charge is 2.27. The van der Waals surface area contributed by atoms with Gasteiger partial charge in [0.15, 0.2) is 5.69 Å². The topological polar surface area (TPSA) is 70.2 Å². The third kappa shape index (κ3) is 2.63. The normalized spacial score (nSPS) is 10.8. The molecule has 0 saturated carbocycles. The number of hydrogen-bond donors (Lipinski definition) is 0. The fraction of sp³-hybridized carbons (Fsp3) is 0.250. The lowest BCUT2D eigenvalue weighted by Crippen LogP contribution is -1.98. The lowest BCUT2D eigenvalue weighted by Gasteiger charge is -2.04. The van der Waals surface area contributed by atoms with Crippen LogP contribution in [0.5, 0.6) is 0 Å². The van der Waals surface area contributed by atoms with Crippen molar-refractivity contribution < 1.29 is 9.66 Å². The van der Waals surface area contributed by atoms with Gasteiger partial charge in [0, 0.05) is 12.1 Å². The Kier molecular flexibility index (Phi) is 4.27. The molecule has 0 unspecified atom stereocenters. The van der Waals surface area contributed by atoms with Gasteiger partial charge in [-0.1, -0.05) is 29.3 Å². The Morgan fingerprint density at radius 2 is 2.15 bits per heavy atom. The number of hydrogen-bond acceptors (Lipinski definition) is 4. The van der Waals surface area contributed by atoms with Crippen LogP contribution in [0, 0.1) is 17.0 Å². The van der Waals surface area contributed by atoms with E-state index < -0.39 is 4.92 Å². The Bertz CT molecular complexity index is 670. The zero-order valence-corrected chi connectivity index (χ0v) is 12.3. The van der Waals surface area contributed by atoms with E-state index >= 15 is 0 Å². The number of nitro groups is 1. The van der Waals surface area contributed by atoms with Crippen LogP contribution in [0.25, 0.3) is 5.69 Å². The van der Waals surface area contributed by atoms with E-state index in [9.17, 15) is 10.1 Å². The summed E-state index contributed by atoms with van der Waals surface area (Å²) in [7, 11) is 1.43. The van der Waals surface area contributed by atoms with Crippen molar-refractivity contribution in [2.24, 2.45) is 0 Å². The summed E-state index contributed by atoms with van der Waals surface area (Å²) in [5.41, 5.74) is 1.35. The highest BCUT2D eigenvalue weighted by Crippen LogP contribution is 2.32. The highest BCUT2D eigenvalue weighted by atomic mass is 35.5. The predicted molar refractivity (Wildman–Crippen MR) is 75.7 cm³/mol. The Morgan fingerprint density at radius 1 is 1.45 bits per heavy atom. The van der Waals surface area contributed by atoms with Crippen LogP contribution in [0.3, 0.4) is 0 Å². The van der Waals surface area contributed by atoms with Crippen molar-refractivity contribution in [1.29, 1.82) is 0 Å². The summed E-state index contributed by atoms with van der Waals surface area (Å²) in [6, 6.07) is 5.17. The molecule has 0 aliphatic rings. The molecule has 0 aliphatic heterocycles. The molecule has 8 heteroatoms. The maximum atomic E-state index is 11.1. The summed E-state index contributed by atoms with van der Waals surface area (Å²) in [5, 5.41) is 15.6. The molecule has 0 atom stereocenters. The predicted octanol–water partition coefficient (Wildman–Crippen LogP) is 3.54. The second-order valence-corrected chi connectivity index (χ2v) is 4.89. The number of rotatable bonds is 4. The number of nitrogens with zero attached hydrogens (tertiary/aromatic N) is 3. The first-order chi connectivity index (χ1) is 9.45. The van der Waals surface area contributed by atoms with Crippen LogP contribution in [-0.2, 0) is 11.3 Å². The molecule has 1 aromatic heterocycles. The first-order valence-electron chi connectivity index (χ1n) is 5.63. The van der Waals surface area contributed by atoms with Crippen molar-refractivity contribution in [3.8, 4) is 5.69 Å². The van der Waals surface area contributed by atoms with Gasteiger partial charge >= 0.3 is 5.69 Å². The van der Waals surface area contributed by atoms with Crippen molar-refractivity contribution in [3.05, 3.63) is 49.7 Å². The van der Waals surface area contributed by atoms with Gasteiger partial charge in [-0.25, -0.2) is 4.68 Å². The monoisotopic (exact) mass is 315 g/mol. The van der Waals surface area contributed by atoms with E-state index in [1.54, 1.807) is 18.2 Å². The molecule has 2 aromatic rings. The number of ether oxygens (including phenoxy) is 1. The lowest BCUT2D eigenvalue weighted by atomic mass is 10.2. The zero-order chi connectivity index (χ0) is 14.9. The largest absolute Gasteiger partial charge is 0.378 e. The van der Waals surface area contributed by atoms with Crippen molar-refractivity contribution >= 4 is 28.9 Å². The molecule has 0 bridgehead atoms. The third-order valence-corrected chi connectivity index (χ3v) is 3.49. The molecule has 106 valence electrons. The zero-order valence-electron chi connectivity index (χ0n) is 10.8. The minimum absolute atomic E-state index is 0.00261. The Labute approximate surface area is 125 Å². The highest BCUT2D eigenvalue weighted by molar-refractivity contribution is 6.32. The number of halogens is 2.